The molecular weight excluding hydrogens is 227 g/mol. The van der Waals surface area contributed by atoms with Crippen LogP contribution < -0.4 is 11.1 Å². The molecule has 0 radical (unpaired) electrons. The fourth-order valence-corrected chi connectivity index (χ4v) is 1.92. The van der Waals surface area contributed by atoms with E-state index in [-0.39, 0.29) is 5.82 Å². The minimum Gasteiger partial charge on any atom is -0.397 e. The van der Waals surface area contributed by atoms with Gasteiger partial charge in [0.2, 0.25) is 0 Å². The number of nitrogens with two attached hydrogens (primary N) is 1. The quantitative estimate of drug-likeness (QED) is 0.809. The molecule has 0 saturated heterocycles. The minimum absolute atomic E-state index is 0.308. The average molecular weight is 244 g/mol. The van der Waals surface area contributed by atoms with E-state index in [1.54, 1.807) is 6.07 Å². The Labute approximate surface area is 107 Å². The largest absolute Gasteiger partial charge is 0.397 e. The molecule has 0 amide bonds. The van der Waals surface area contributed by atoms with E-state index in [9.17, 15) is 4.39 Å². The molecule has 2 rings (SSSR count). The van der Waals surface area contributed by atoms with Gasteiger partial charge in [0.1, 0.15) is 5.82 Å². The molecule has 0 fully saturated rings. The van der Waals surface area contributed by atoms with Crippen molar-refractivity contribution in [1.29, 1.82) is 0 Å². The molecule has 0 saturated carbocycles. The highest BCUT2D eigenvalue weighted by atomic mass is 19.1. The van der Waals surface area contributed by atoms with Crippen molar-refractivity contribution in [2.45, 2.75) is 13.3 Å². The van der Waals surface area contributed by atoms with Crippen molar-refractivity contribution in [3.8, 4) is 0 Å². The highest BCUT2D eigenvalue weighted by Gasteiger charge is 2.01. The third-order valence-electron chi connectivity index (χ3n) is 2.98. The Morgan fingerprint density at radius 3 is 2.67 bits per heavy atom. The molecule has 3 N–H and O–H groups in total. The summed E-state index contributed by atoms with van der Waals surface area (Å²) in [5, 5.41) is 3.22. The molecule has 0 aliphatic heterocycles. The first-order valence-corrected chi connectivity index (χ1v) is 6.00. The van der Waals surface area contributed by atoms with E-state index in [4.69, 9.17) is 5.73 Å². The van der Waals surface area contributed by atoms with Crippen molar-refractivity contribution < 1.29 is 4.39 Å². The summed E-state index contributed by atoms with van der Waals surface area (Å²) >= 11 is 0. The minimum atomic E-state index is -0.308. The van der Waals surface area contributed by atoms with E-state index in [1.807, 2.05) is 12.1 Å². The van der Waals surface area contributed by atoms with Crippen LogP contribution in [-0.4, -0.2) is 6.54 Å². The summed E-state index contributed by atoms with van der Waals surface area (Å²) in [7, 11) is 0. The molecule has 2 nitrogen and oxygen atoms in total. The molecule has 2 aromatic carbocycles. The zero-order chi connectivity index (χ0) is 13.0. The second kappa shape index (κ2) is 5.54. The number of rotatable bonds is 4. The number of anilines is 2. The summed E-state index contributed by atoms with van der Waals surface area (Å²) in [6.07, 6.45) is 0.920. The lowest BCUT2D eigenvalue weighted by Crippen LogP contribution is -2.07. The Morgan fingerprint density at radius 1 is 1.17 bits per heavy atom. The van der Waals surface area contributed by atoms with Gasteiger partial charge in [-0.2, -0.15) is 0 Å². The normalized spacial score (nSPS) is 10.3. The zero-order valence-corrected chi connectivity index (χ0v) is 10.4. The molecule has 94 valence electrons. The SMILES string of the molecule is Cc1ccccc1CCNc1ccc(F)cc1N. The van der Waals surface area contributed by atoms with Crippen LogP contribution in [0.2, 0.25) is 0 Å². The van der Waals surface area contributed by atoms with Gasteiger partial charge in [-0.1, -0.05) is 24.3 Å². The van der Waals surface area contributed by atoms with E-state index in [2.05, 4.69) is 24.4 Å². The van der Waals surface area contributed by atoms with E-state index in [0.717, 1.165) is 18.7 Å². The predicted molar refractivity (Wildman–Crippen MR) is 74.2 cm³/mol. The first-order chi connectivity index (χ1) is 8.66. The molecule has 0 spiro atoms. The molecule has 0 atom stereocenters. The van der Waals surface area contributed by atoms with Crippen molar-refractivity contribution in [1.82, 2.24) is 0 Å². The Morgan fingerprint density at radius 2 is 1.94 bits per heavy atom. The van der Waals surface area contributed by atoms with Crippen LogP contribution in [0.1, 0.15) is 11.1 Å². The van der Waals surface area contributed by atoms with Gasteiger partial charge in [0.05, 0.1) is 11.4 Å². The molecular formula is C15H17FN2. The highest BCUT2D eigenvalue weighted by molar-refractivity contribution is 5.65. The van der Waals surface area contributed by atoms with Gasteiger partial charge < -0.3 is 11.1 Å². The van der Waals surface area contributed by atoms with E-state index >= 15 is 0 Å². The molecule has 0 aliphatic carbocycles. The van der Waals surface area contributed by atoms with Gasteiger partial charge in [-0.25, -0.2) is 4.39 Å². The van der Waals surface area contributed by atoms with Crippen molar-refractivity contribution in [3.05, 3.63) is 59.4 Å². The number of hydrogen-bond donors (Lipinski definition) is 2. The fraction of sp³-hybridized carbons (Fsp3) is 0.200. The standard InChI is InChI=1S/C15H17FN2/c1-11-4-2-3-5-12(11)8-9-18-15-7-6-13(16)10-14(15)17/h2-7,10,18H,8-9,17H2,1H3. The van der Waals surface area contributed by atoms with Gasteiger partial charge in [0.25, 0.3) is 0 Å². The summed E-state index contributed by atoms with van der Waals surface area (Å²) < 4.78 is 12.9. The Bertz CT molecular complexity index is 538. The van der Waals surface area contributed by atoms with Gasteiger partial charge in [0.15, 0.2) is 0 Å². The highest BCUT2D eigenvalue weighted by Crippen LogP contribution is 2.19. The summed E-state index contributed by atoms with van der Waals surface area (Å²) in [5.74, 6) is -0.308. The maximum absolute atomic E-state index is 12.9. The molecule has 18 heavy (non-hydrogen) atoms. The number of hydrogen-bond acceptors (Lipinski definition) is 2. The van der Waals surface area contributed by atoms with Crippen LogP contribution in [0.3, 0.4) is 0 Å². The van der Waals surface area contributed by atoms with E-state index < -0.39 is 0 Å². The van der Waals surface area contributed by atoms with Gasteiger partial charge in [-0.15, -0.1) is 0 Å². The maximum atomic E-state index is 12.9. The number of halogens is 1. The summed E-state index contributed by atoms with van der Waals surface area (Å²) in [5.41, 5.74) is 9.55. The Kier molecular flexibility index (Phi) is 3.82. The van der Waals surface area contributed by atoms with Gasteiger partial charge in [-0.05, 0) is 42.7 Å². The smallest absolute Gasteiger partial charge is 0.125 e. The van der Waals surface area contributed by atoms with Gasteiger partial charge >= 0.3 is 0 Å². The summed E-state index contributed by atoms with van der Waals surface area (Å²) in [6.45, 7) is 2.88. The van der Waals surface area contributed by atoms with Crippen LogP contribution in [-0.2, 0) is 6.42 Å². The predicted octanol–water partition coefficient (Wildman–Crippen LogP) is 3.37. The van der Waals surface area contributed by atoms with Crippen molar-refractivity contribution in [3.63, 3.8) is 0 Å². The molecule has 0 aromatic heterocycles. The molecule has 0 aliphatic rings. The van der Waals surface area contributed by atoms with Crippen LogP contribution >= 0.6 is 0 Å². The van der Waals surface area contributed by atoms with Crippen LogP contribution in [0.25, 0.3) is 0 Å². The number of benzene rings is 2. The molecule has 0 unspecified atom stereocenters. The summed E-state index contributed by atoms with van der Waals surface area (Å²) in [6, 6.07) is 12.7. The van der Waals surface area contributed by atoms with Crippen molar-refractivity contribution >= 4 is 11.4 Å². The molecule has 3 heteroatoms. The number of nitrogen functional groups attached to an aromatic ring is 1. The lowest BCUT2D eigenvalue weighted by atomic mass is 10.1. The van der Waals surface area contributed by atoms with E-state index in [1.165, 1.54) is 23.3 Å². The first-order valence-electron chi connectivity index (χ1n) is 6.00. The number of nitrogens with one attached hydrogen (secondary N) is 1. The van der Waals surface area contributed by atoms with Crippen LogP contribution in [0.15, 0.2) is 42.5 Å². The maximum Gasteiger partial charge on any atom is 0.125 e. The number of aryl methyl sites for hydroxylation is 1. The topological polar surface area (TPSA) is 38.0 Å². The lowest BCUT2D eigenvalue weighted by Gasteiger charge is -2.10. The van der Waals surface area contributed by atoms with Crippen LogP contribution in [0.5, 0.6) is 0 Å². The molecule has 2 aromatic rings. The fourth-order valence-electron chi connectivity index (χ4n) is 1.92. The van der Waals surface area contributed by atoms with Crippen LogP contribution in [0.4, 0.5) is 15.8 Å². The summed E-state index contributed by atoms with van der Waals surface area (Å²) in [4.78, 5) is 0. The van der Waals surface area contributed by atoms with E-state index in [0.29, 0.717) is 5.69 Å². The van der Waals surface area contributed by atoms with Gasteiger partial charge in [0, 0.05) is 6.54 Å². The molecule has 0 heterocycles. The first kappa shape index (κ1) is 12.4. The van der Waals surface area contributed by atoms with Gasteiger partial charge in [-0.3, -0.25) is 0 Å². The Balaban J connectivity index is 1.95. The van der Waals surface area contributed by atoms with Crippen LogP contribution in [0, 0.1) is 12.7 Å². The monoisotopic (exact) mass is 244 g/mol. The lowest BCUT2D eigenvalue weighted by molar-refractivity contribution is 0.628. The third kappa shape index (κ3) is 3.00. The average Bonchev–Trinajstić information content (AvgIpc) is 2.34. The molecule has 0 bridgehead atoms. The second-order valence-electron chi connectivity index (χ2n) is 4.33. The van der Waals surface area contributed by atoms with Crippen molar-refractivity contribution in [2.75, 3.05) is 17.6 Å². The second-order valence-corrected chi connectivity index (χ2v) is 4.33. The zero-order valence-electron chi connectivity index (χ0n) is 10.4. The Hall–Kier alpha value is -2.03. The third-order valence-corrected chi connectivity index (χ3v) is 2.98. The van der Waals surface area contributed by atoms with Crippen molar-refractivity contribution in [2.24, 2.45) is 0 Å².